The van der Waals surface area contributed by atoms with Crippen molar-refractivity contribution >= 4 is 16.7 Å². The summed E-state index contributed by atoms with van der Waals surface area (Å²) in [5, 5.41) is 5.96. The first-order valence-corrected chi connectivity index (χ1v) is 8.36. The Morgan fingerprint density at radius 2 is 1.85 bits per heavy atom. The quantitative estimate of drug-likeness (QED) is 0.495. The molecule has 0 aliphatic rings. The predicted octanol–water partition coefficient (Wildman–Crippen LogP) is 4.26. The van der Waals surface area contributed by atoms with Crippen LogP contribution in [0.1, 0.15) is 16.2 Å². The van der Waals surface area contributed by atoms with E-state index in [9.17, 15) is 4.79 Å². The third kappa shape index (κ3) is 3.64. The van der Waals surface area contributed by atoms with Crippen LogP contribution in [0, 0.1) is 0 Å². The highest BCUT2D eigenvalue weighted by molar-refractivity contribution is 5.95. The first-order chi connectivity index (χ1) is 13.2. The van der Waals surface area contributed by atoms with Crippen molar-refractivity contribution < 1.29 is 18.8 Å². The van der Waals surface area contributed by atoms with Crippen molar-refractivity contribution in [1.82, 2.24) is 10.1 Å². The number of benzene rings is 3. The number of carbonyl (C=O) groups is 1. The molecule has 134 valence electrons. The van der Waals surface area contributed by atoms with E-state index in [4.69, 9.17) is 14.0 Å². The van der Waals surface area contributed by atoms with Crippen LogP contribution in [0.5, 0.6) is 5.75 Å². The molecule has 4 aromatic rings. The second-order valence-electron chi connectivity index (χ2n) is 5.88. The number of fused-ring (bicyclic) bond motifs is 1. The second kappa shape index (κ2) is 7.29. The van der Waals surface area contributed by atoms with E-state index in [1.165, 1.54) is 0 Å². The highest BCUT2D eigenvalue weighted by Gasteiger charge is 2.13. The molecule has 0 aliphatic carbocycles. The number of nitrogens with zero attached hydrogens (tertiary/aromatic N) is 2. The fourth-order valence-corrected chi connectivity index (χ4v) is 2.72. The Bertz CT molecular complexity index is 1100. The van der Waals surface area contributed by atoms with Crippen molar-refractivity contribution in [3.63, 3.8) is 0 Å². The molecule has 4 rings (SSSR count). The van der Waals surface area contributed by atoms with Crippen LogP contribution in [0.4, 0.5) is 0 Å². The van der Waals surface area contributed by atoms with Crippen LogP contribution in [-0.2, 0) is 11.3 Å². The number of methoxy groups -OCH3 is 1. The Hall–Kier alpha value is -3.67. The first-order valence-electron chi connectivity index (χ1n) is 8.36. The summed E-state index contributed by atoms with van der Waals surface area (Å²) in [6.07, 6.45) is 0. The smallest absolute Gasteiger partial charge is 0.338 e. The van der Waals surface area contributed by atoms with Gasteiger partial charge in [-0.2, -0.15) is 4.98 Å². The van der Waals surface area contributed by atoms with Crippen LogP contribution >= 0.6 is 0 Å². The molecule has 0 amide bonds. The van der Waals surface area contributed by atoms with Crippen LogP contribution < -0.4 is 4.74 Å². The molecule has 1 heterocycles. The van der Waals surface area contributed by atoms with Gasteiger partial charge in [-0.3, -0.25) is 0 Å². The third-order valence-electron chi connectivity index (χ3n) is 4.11. The van der Waals surface area contributed by atoms with Crippen molar-refractivity contribution in [2.75, 3.05) is 7.11 Å². The predicted molar refractivity (Wildman–Crippen MR) is 99.4 cm³/mol. The molecular weight excluding hydrogens is 344 g/mol. The number of hydrogen-bond donors (Lipinski definition) is 0. The summed E-state index contributed by atoms with van der Waals surface area (Å²) in [6, 6.07) is 20.6. The molecule has 0 fully saturated rings. The summed E-state index contributed by atoms with van der Waals surface area (Å²) in [5.41, 5.74) is 1.23. The number of rotatable bonds is 5. The van der Waals surface area contributed by atoms with Crippen molar-refractivity contribution in [2.24, 2.45) is 0 Å². The lowest BCUT2D eigenvalue weighted by Gasteiger charge is -2.03. The van der Waals surface area contributed by atoms with E-state index in [-0.39, 0.29) is 12.5 Å². The molecule has 0 aliphatic heterocycles. The van der Waals surface area contributed by atoms with E-state index < -0.39 is 5.97 Å². The molecule has 0 radical (unpaired) electrons. The highest BCUT2D eigenvalue weighted by Crippen LogP contribution is 2.21. The number of carbonyl (C=O) groups excluding carboxylic acids is 1. The first kappa shape index (κ1) is 16.8. The Morgan fingerprint density at radius 3 is 2.70 bits per heavy atom. The van der Waals surface area contributed by atoms with E-state index in [0.29, 0.717) is 17.1 Å². The molecule has 3 aromatic carbocycles. The van der Waals surface area contributed by atoms with Crippen molar-refractivity contribution in [3.05, 3.63) is 78.2 Å². The third-order valence-corrected chi connectivity index (χ3v) is 4.11. The van der Waals surface area contributed by atoms with Gasteiger partial charge in [0.25, 0.3) is 5.89 Å². The average molecular weight is 360 g/mol. The minimum atomic E-state index is -0.443. The van der Waals surface area contributed by atoms with Gasteiger partial charge in [0.1, 0.15) is 5.75 Å². The van der Waals surface area contributed by atoms with Gasteiger partial charge in [-0.1, -0.05) is 47.6 Å². The molecule has 0 saturated heterocycles. The zero-order valence-corrected chi connectivity index (χ0v) is 14.6. The van der Waals surface area contributed by atoms with Gasteiger partial charge in [-0.15, -0.1) is 0 Å². The summed E-state index contributed by atoms with van der Waals surface area (Å²) in [7, 11) is 1.59. The number of ether oxygens (including phenoxy) is 2. The fourth-order valence-electron chi connectivity index (χ4n) is 2.72. The Labute approximate surface area is 155 Å². The normalized spacial score (nSPS) is 10.7. The topological polar surface area (TPSA) is 74.5 Å². The highest BCUT2D eigenvalue weighted by atomic mass is 16.6. The van der Waals surface area contributed by atoms with Crippen molar-refractivity contribution in [1.29, 1.82) is 0 Å². The molecule has 6 heteroatoms. The summed E-state index contributed by atoms with van der Waals surface area (Å²) < 4.78 is 15.7. The van der Waals surface area contributed by atoms with Gasteiger partial charge in [-0.05, 0) is 35.0 Å². The van der Waals surface area contributed by atoms with Gasteiger partial charge in [0.2, 0.25) is 5.82 Å². The van der Waals surface area contributed by atoms with Crippen LogP contribution in [0.15, 0.2) is 71.3 Å². The van der Waals surface area contributed by atoms with Gasteiger partial charge in [0.15, 0.2) is 6.61 Å². The summed E-state index contributed by atoms with van der Waals surface area (Å²) in [5.74, 6) is 0.885. The Kier molecular flexibility index (Phi) is 4.53. The van der Waals surface area contributed by atoms with Crippen LogP contribution in [0.25, 0.3) is 22.2 Å². The molecule has 0 bridgehead atoms. The lowest BCUT2D eigenvalue weighted by atomic mass is 10.1. The fraction of sp³-hybridized carbons (Fsp3) is 0.0952. The van der Waals surface area contributed by atoms with E-state index in [2.05, 4.69) is 10.1 Å². The van der Waals surface area contributed by atoms with Gasteiger partial charge in [0.05, 0.1) is 12.7 Å². The molecule has 0 atom stereocenters. The molecule has 1 aromatic heterocycles. The lowest BCUT2D eigenvalue weighted by molar-refractivity contribution is 0.0430. The minimum Gasteiger partial charge on any atom is -0.497 e. The molecule has 0 N–H and O–H groups in total. The summed E-state index contributed by atoms with van der Waals surface area (Å²) >= 11 is 0. The molecule has 0 spiro atoms. The average Bonchev–Trinajstić information content (AvgIpc) is 3.21. The largest absolute Gasteiger partial charge is 0.497 e. The SMILES string of the molecule is COc1cccc(-c2noc(COC(=O)c3ccc4ccccc4c3)n2)c1. The van der Waals surface area contributed by atoms with Crippen molar-refractivity contribution in [2.45, 2.75) is 6.61 Å². The molecule has 6 nitrogen and oxygen atoms in total. The summed E-state index contributed by atoms with van der Waals surface area (Å²) in [4.78, 5) is 16.6. The van der Waals surface area contributed by atoms with Gasteiger partial charge < -0.3 is 14.0 Å². The van der Waals surface area contributed by atoms with Gasteiger partial charge >= 0.3 is 5.97 Å². The zero-order valence-electron chi connectivity index (χ0n) is 14.6. The zero-order chi connectivity index (χ0) is 18.6. The molecule has 0 unspecified atom stereocenters. The standard InChI is InChI=1S/C21H16N2O4/c1-25-18-8-4-7-16(12-18)20-22-19(27-23-20)13-26-21(24)17-10-9-14-5-2-3-6-15(14)11-17/h2-12H,13H2,1H3. The number of aromatic nitrogens is 2. The monoisotopic (exact) mass is 360 g/mol. The molecule has 0 saturated carbocycles. The second-order valence-corrected chi connectivity index (χ2v) is 5.88. The maximum Gasteiger partial charge on any atom is 0.338 e. The van der Waals surface area contributed by atoms with E-state index in [1.807, 2.05) is 48.5 Å². The Morgan fingerprint density at radius 1 is 1.00 bits per heavy atom. The lowest BCUT2D eigenvalue weighted by Crippen LogP contribution is -2.05. The van der Waals surface area contributed by atoms with Gasteiger partial charge in [-0.25, -0.2) is 4.79 Å². The van der Waals surface area contributed by atoms with E-state index in [1.54, 1.807) is 25.3 Å². The van der Waals surface area contributed by atoms with Crippen LogP contribution in [0.2, 0.25) is 0 Å². The summed E-state index contributed by atoms with van der Waals surface area (Å²) in [6.45, 7) is -0.0946. The molecular formula is C21H16N2O4. The maximum atomic E-state index is 12.3. The van der Waals surface area contributed by atoms with Crippen molar-refractivity contribution in [3.8, 4) is 17.1 Å². The van der Waals surface area contributed by atoms with E-state index in [0.717, 1.165) is 16.3 Å². The Balaban J connectivity index is 1.45. The number of esters is 1. The molecule has 27 heavy (non-hydrogen) atoms. The minimum absolute atomic E-state index is 0.0946. The van der Waals surface area contributed by atoms with Crippen LogP contribution in [-0.4, -0.2) is 23.2 Å². The van der Waals surface area contributed by atoms with Crippen LogP contribution in [0.3, 0.4) is 0 Å². The van der Waals surface area contributed by atoms with Gasteiger partial charge in [0, 0.05) is 5.56 Å². The van der Waals surface area contributed by atoms with E-state index >= 15 is 0 Å². The maximum absolute atomic E-state index is 12.3. The number of hydrogen-bond acceptors (Lipinski definition) is 6.